The Labute approximate surface area is 443 Å². The molecule has 2 saturated heterocycles. The number of halogens is 3. The van der Waals surface area contributed by atoms with Gasteiger partial charge in [-0.1, -0.05) is 99.2 Å². The number of carbonyl (C=O) groups excluding carboxylic acids is 5. The number of hydrogen-bond acceptors (Lipinski definition) is 13. The molecule has 0 aromatic heterocycles. The van der Waals surface area contributed by atoms with Crippen LogP contribution in [0, 0.1) is 68.8 Å². The van der Waals surface area contributed by atoms with Crippen LogP contribution in [-0.2, 0) is 38.1 Å². The second-order valence-corrected chi connectivity index (χ2v) is 25.5. The number of aliphatic hydroxyl groups excluding tert-OH is 2. The summed E-state index contributed by atoms with van der Waals surface area (Å²) in [4.78, 5) is 66.0. The van der Waals surface area contributed by atoms with Crippen molar-refractivity contribution in [3.63, 3.8) is 0 Å². The van der Waals surface area contributed by atoms with Gasteiger partial charge >= 0.3 is 0 Å². The number of allylic oxidation sites excluding steroid dienone is 8. The fourth-order valence-electron chi connectivity index (χ4n) is 16.8. The van der Waals surface area contributed by atoms with E-state index < -0.39 is 103 Å². The average molecular weight is 1070 g/mol. The van der Waals surface area contributed by atoms with E-state index in [0.717, 1.165) is 36.8 Å². The Morgan fingerprint density at radius 1 is 0.680 bits per heavy atom. The smallest absolute Gasteiger partial charge is 0.288 e. The van der Waals surface area contributed by atoms with Gasteiger partial charge < -0.3 is 34.1 Å². The van der Waals surface area contributed by atoms with E-state index in [1.807, 2.05) is 26.0 Å². The summed E-state index contributed by atoms with van der Waals surface area (Å²) in [7, 11) is 3.16. The molecular formula is C58H64F3NO11S2. The number of alkyl halides is 1. The number of ether oxygens (including phenoxy) is 4. The van der Waals surface area contributed by atoms with E-state index in [9.17, 15) is 47.4 Å². The summed E-state index contributed by atoms with van der Waals surface area (Å²) >= 11 is 1.14. The summed E-state index contributed by atoms with van der Waals surface area (Å²) in [5, 5.41) is 22.1. The van der Waals surface area contributed by atoms with E-state index in [1.54, 1.807) is 74.8 Å². The summed E-state index contributed by atoms with van der Waals surface area (Å²) in [5.74, 6) is -1.26. The predicted molar refractivity (Wildman–Crippen MR) is 273 cm³/mol. The number of benzene rings is 2. The topological polar surface area (TPSA) is 166 Å². The maximum Gasteiger partial charge on any atom is 0.288 e. The van der Waals surface area contributed by atoms with Crippen LogP contribution in [0.2, 0.25) is 0 Å². The molecule has 18 atom stereocenters. The van der Waals surface area contributed by atoms with Crippen molar-refractivity contribution in [1.29, 1.82) is 0 Å². The standard InChI is InChI=1S/C30H34FNO6S.C28H30F2O5S/c1-28-12-11-17(33)13-16(28)9-10-18-20-14-23-30(26(35)39-27(36)32(3)4,29(20,2)15-22(34)24(18)28)38-25(37-23)19-7-5-6-8-21(19)31;1-26-10-9-16(31)11-15(26)7-8-17-19-12-22-28(25(33)36-14-29,27(19,2)13-21(32)23(17)26)35-24(34-22)18-5-3-4-6-20(18)30/h5-8,11-13,18,20,22-25,34H,9-10,14-15H2,1-4H3;3-6,9-11,17,19,21-24,32H,7-8,12-14H2,1-2H3/t18-,20-,22-,23+,24+,25?,28-,29-,30-;17-,19-,21-,22+,23+,24?,26-,27-,28-/m00/s1. The van der Waals surface area contributed by atoms with Crippen molar-refractivity contribution in [2.24, 2.45) is 57.2 Å². The lowest BCUT2D eigenvalue weighted by Crippen LogP contribution is -2.62. The van der Waals surface area contributed by atoms with E-state index in [0.29, 0.717) is 36.4 Å². The third-order valence-corrected chi connectivity index (χ3v) is 21.8. The number of rotatable bonds is 5. The lowest BCUT2D eigenvalue weighted by atomic mass is 9.46. The van der Waals surface area contributed by atoms with Gasteiger partial charge in [-0.25, -0.2) is 13.2 Å². The first-order valence-electron chi connectivity index (χ1n) is 26.1. The third-order valence-electron chi connectivity index (χ3n) is 20.1. The van der Waals surface area contributed by atoms with Crippen LogP contribution in [0.25, 0.3) is 0 Å². The van der Waals surface area contributed by atoms with Crippen molar-refractivity contribution in [2.75, 3.05) is 20.1 Å². The molecule has 2 aliphatic heterocycles. The predicted octanol–water partition coefficient (Wildman–Crippen LogP) is 9.86. The lowest BCUT2D eigenvalue weighted by Gasteiger charge is -2.59. The summed E-state index contributed by atoms with van der Waals surface area (Å²) in [6.45, 7) is 8.10. The molecule has 2 unspecified atom stereocenters. The molecule has 10 aliphatic rings. The SMILES string of the molecule is CN(C)C(=O)SC(=O)[C@@]12OC(c3ccccc3F)O[C@@H]1C[C@H]1[C@@H]3CCC4=CC(=O)C=C[C@]4(C)[C@H]3[C@@H](O)C[C@@]12C.C[C@]12C=CC(=O)C=C1CC[C@@H]1[C@@H]2[C@@H](O)C[C@@]2(C)[C@H]1C[C@H]1OC(c3ccccc3F)O[C@]12C(=O)SCF. The van der Waals surface area contributed by atoms with Gasteiger partial charge in [0.1, 0.15) is 17.6 Å². The fourth-order valence-corrected chi connectivity index (χ4v) is 18.5. The fraction of sp³-hybridized carbons (Fsp3) is 0.569. The van der Waals surface area contributed by atoms with Crippen LogP contribution in [0.3, 0.4) is 0 Å². The Balaban J connectivity index is 0.000000161. The highest BCUT2D eigenvalue weighted by atomic mass is 32.2. The van der Waals surface area contributed by atoms with Gasteiger partial charge in [-0.2, -0.15) is 0 Å². The Bertz CT molecular complexity index is 2880. The molecule has 0 spiro atoms. The van der Waals surface area contributed by atoms with E-state index in [2.05, 4.69) is 13.8 Å². The molecule has 0 bridgehead atoms. The van der Waals surface area contributed by atoms with Crippen LogP contribution in [0.1, 0.15) is 103 Å². The molecule has 2 heterocycles. The number of aliphatic hydroxyl groups is 2. The van der Waals surface area contributed by atoms with E-state index in [1.165, 1.54) is 17.0 Å². The molecule has 2 N–H and O–H groups in total. The maximum absolute atomic E-state index is 14.8. The van der Waals surface area contributed by atoms with E-state index >= 15 is 0 Å². The van der Waals surface area contributed by atoms with Gasteiger partial charge in [-0.05, 0) is 111 Å². The van der Waals surface area contributed by atoms with Crippen molar-refractivity contribution >= 4 is 50.6 Å². The quantitative estimate of drug-likeness (QED) is 0.291. The first kappa shape index (κ1) is 52.8. The number of carbonyl (C=O) groups is 5. The van der Waals surface area contributed by atoms with Gasteiger partial charge in [-0.3, -0.25) is 24.0 Å². The van der Waals surface area contributed by atoms with Crippen molar-refractivity contribution < 1.29 is 66.3 Å². The lowest BCUT2D eigenvalue weighted by molar-refractivity contribution is -0.195. The number of fused-ring (bicyclic) bond motifs is 14. The summed E-state index contributed by atoms with van der Waals surface area (Å²) in [6, 6.07) is 11.4. The first-order chi connectivity index (χ1) is 35.6. The number of nitrogens with zero attached hydrogens (tertiary/aromatic N) is 1. The Morgan fingerprint density at radius 2 is 1.11 bits per heavy atom. The zero-order chi connectivity index (χ0) is 53.4. The zero-order valence-electron chi connectivity index (χ0n) is 42.8. The molecule has 12 nitrogen and oxygen atoms in total. The molecule has 2 aromatic rings. The van der Waals surface area contributed by atoms with Crippen molar-refractivity contribution in [3.05, 3.63) is 119 Å². The minimum atomic E-state index is -1.54. The van der Waals surface area contributed by atoms with Gasteiger partial charge in [0.15, 0.2) is 35.3 Å². The second kappa shape index (κ2) is 18.7. The minimum Gasteiger partial charge on any atom is -0.393 e. The van der Waals surface area contributed by atoms with Gasteiger partial charge in [0.05, 0.1) is 24.4 Å². The largest absolute Gasteiger partial charge is 0.393 e. The number of hydrogen-bond donors (Lipinski definition) is 2. The van der Waals surface area contributed by atoms with E-state index in [-0.39, 0.29) is 71.0 Å². The monoisotopic (exact) mass is 1070 g/mol. The van der Waals surface area contributed by atoms with Gasteiger partial charge in [0, 0.05) is 70.5 Å². The molecule has 6 saturated carbocycles. The second-order valence-electron chi connectivity index (χ2n) is 23.6. The Kier molecular flexibility index (Phi) is 13.2. The molecule has 0 radical (unpaired) electrons. The van der Waals surface area contributed by atoms with E-state index in [4.69, 9.17) is 18.9 Å². The average Bonchev–Trinajstić information content (AvgIpc) is 4.19. The highest BCUT2D eigenvalue weighted by Gasteiger charge is 2.78. The van der Waals surface area contributed by atoms with Gasteiger partial charge in [-0.15, -0.1) is 0 Å². The van der Waals surface area contributed by atoms with Crippen molar-refractivity contribution in [1.82, 2.24) is 4.90 Å². The van der Waals surface area contributed by atoms with Gasteiger partial charge in [0.25, 0.3) is 5.24 Å². The van der Waals surface area contributed by atoms with Crippen LogP contribution in [-0.4, -0.2) is 97.9 Å². The number of thioether (sulfide) groups is 2. The van der Waals surface area contributed by atoms with Crippen molar-refractivity contribution in [3.8, 4) is 0 Å². The summed E-state index contributed by atoms with van der Waals surface area (Å²) in [6.07, 6.45) is 9.88. The Hall–Kier alpha value is -4.20. The number of ketones is 2. The van der Waals surface area contributed by atoms with Crippen LogP contribution in [0.5, 0.6) is 0 Å². The molecule has 2 aromatic carbocycles. The first-order valence-corrected chi connectivity index (χ1v) is 27.9. The molecule has 8 aliphatic carbocycles. The zero-order valence-corrected chi connectivity index (χ0v) is 44.5. The van der Waals surface area contributed by atoms with Crippen LogP contribution < -0.4 is 0 Å². The van der Waals surface area contributed by atoms with Gasteiger partial charge in [0.2, 0.25) is 10.2 Å². The normalized spacial score (nSPS) is 43.5. The highest BCUT2D eigenvalue weighted by molar-refractivity contribution is 8.26. The third kappa shape index (κ3) is 7.65. The molecule has 12 rings (SSSR count). The summed E-state index contributed by atoms with van der Waals surface area (Å²) < 4.78 is 68.5. The molecule has 75 heavy (non-hydrogen) atoms. The van der Waals surface area contributed by atoms with Crippen molar-refractivity contribution in [2.45, 2.75) is 127 Å². The maximum atomic E-state index is 14.8. The molecule has 17 heteroatoms. The molecular weight excluding hydrogens is 1010 g/mol. The Morgan fingerprint density at radius 3 is 1.52 bits per heavy atom. The molecule has 400 valence electrons. The number of amides is 1. The highest BCUT2D eigenvalue weighted by Crippen LogP contribution is 2.73. The van der Waals surface area contributed by atoms with Crippen LogP contribution >= 0.6 is 23.5 Å². The van der Waals surface area contributed by atoms with Crippen LogP contribution in [0.15, 0.2) is 96.1 Å². The minimum absolute atomic E-state index is 0.0222. The molecule has 8 fully saturated rings. The molecule has 1 amide bonds. The summed E-state index contributed by atoms with van der Waals surface area (Å²) in [5.41, 5.74) is -3.14. The van der Waals surface area contributed by atoms with Crippen LogP contribution in [0.4, 0.5) is 18.0 Å².